The van der Waals surface area contributed by atoms with Crippen molar-refractivity contribution in [2.45, 2.75) is 13.1 Å². The molecule has 0 bridgehead atoms. The lowest BCUT2D eigenvalue weighted by atomic mass is 10.5. The maximum absolute atomic E-state index is 10.6. The van der Waals surface area contributed by atoms with Crippen LogP contribution in [0.3, 0.4) is 0 Å². The number of rotatable bonds is 5. The quantitative estimate of drug-likeness (QED) is 0.408. The Balaban J connectivity index is 2.17. The SMILES string of the molecule is O=[N+]([O-])c1nc(CN2CC2)cn1CCO. The lowest BCUT2D eigenvalue weighted by Crippen LogP contribution is -2.05. The van der Waals surface area contributed by atoms with Crippen LogP contribution < -0.4 is 0 Å². The summed E-state index contributed by atoms with van der Waals surface area (Å²) in [6.45, 7) is 2.80. The average Bonchev–Trinajstić information content (AvgIpc) is 2.88. The van der Waals surface area contributed by atoms with Gasteiger partial charge in [0.05, 0.1) is 19.7 Å². The van der Waals surface area contributed by atoms with Crippen LogP contribution in [0, 0.1) is 10.1 Å². The third-order valence-corrected chi connectivity index (χ3v) is 2.23. The van der Waals surface area contributed by atoms with Crippen LogP contribution in [0.2, 0.25) is 0 Å². The van der Waals surface area contributed by atoms with Crippen molar-refractivity contribution < 1.29 is 10.0 Å². The molecule has 0 atom stereocenters. The van der Waals surface area contributed by atoms with E-state index in [0.717, 1.165) is 13.1 Å². The molecule has 7 heteroatoms. The first-order valence-corrected chi connectivity index (χ1v) is 4.74. The summed E-state index contributed by atoms with van der Waals surface area (Å²) in [5, 5.41) is 19.4. The molecule has 0 spiro atoms. The Labute approximate surface area is 86.1 Å². The van der Waals surface area contributed by atoms with Crippen LogP contribution in [0.15, 0.2) is 6.20 Å². The summed E-state index contributed by atoms with van der Waals surface area (Å²) in [4.78, 5) is 16.2. The molecule has 1 aromatic rings. The van der Waals surface area contributed by atoms with Crippen molar-refractivity contribution in [2.75, 3.05) is 19.7 Å². The Morgan fingerprint density at radius 3 is 2.87 bits per heavy atom. The third kappa shape index (κ3) is 2.31. The molecule has 0 aliphatic carbocycles. The Bertz CT molecular complexity index is 372. The number of nitrogens with zero attached hydrogens (tertiary/aromatic N) is 4. The molecule has 15 heavy (non-hydrogen) atoms. The van der Waals surface area contributed by atoms with Crippen molar-refractivity contribution in [1.82, 2.24) is 14.5 Å². The van der Waals surface area contributed by atoms with Gasteiger partial charge in [-0.25, -0.2) is 4.57 Å². The molecule has 1 aromatic heterocycles. The van der Waals surface area contributed by atoms with E-state index in [2.05, 4.69) is 9.88 Å². The molecule has 1 aliphatic heterocycles. The standard InChI is InChI=1S/C8H12N4O3/c13-4-3-11-6-7(5-10-1-2-10)9-8(11)12(14)15/h6,13H,1-5H2. The maximum atomic E-state index is 10.6. The van der Waals surface area contributed by atoms with Crippen LogP contribution in [-0.4, -0.2) is 44.2 Å². The topological polar surface area (TPSA) is 84.2 Å². The van der Waals surface area contributed by atoms with Crippen molar-refractivity contribution in [3.05, 3.63) is 22.0 Å². The van der Waals surface area contributed by atoms with E-state index in [1.807, 2.05) is 0 Å². The summed E-state index contributed by atoms with van der Waals surface area (Å²) in [5.74, 6) is -0.194. The van der Waals surface area contributed by atoms with E-state index < -0.39 is 4.92 Å². The van der Waals surface area contributed by atoms with Gasteiger partial charge in [-0.15, -0.1) is 0 Å². The first kappa shape index (κ1) is 10.1. The average molecular weight is 212 g/mol. The zero-order valence-corrected chi connectivity index (χ0v) is 8.17. The normalized spacial score (nSPS) is 15.5. The molecule has 1 aliphatic rings. The molecule has 0 radical (unpaired) electrons. The monoisotopic (exact) mass is 212 g/mol. The van der Waals surface area contributed by atoms with Crippen LogP contribution in [0.5, 0.6) is 0 Å². The second-order valence-corrected chi connectivity index (χ2v) is 3.48. The van der Waals surface area contributed by atoms with Gasteiger partial charge in [0.2, 0.25) is 0 Å². The minimum atomic E-state index is -0.526. The molecular formula is C8H12N4O3. The van der Waals surface area contributed by atoms with E-state index in [0.29, 0.717) is 12.2 Å². The van der Waals surface area contributed by atoms with Crippen LogP contribution >= 0.6 is 0 Å². The summed E-state index contributed by atoms with van der Waals surface area (Å²) < 4.78 is 1.37. The van der Waals surface area contributed by atoms with Crippen LogP contribution in [-0.2, 0) is 13.1 Å². The maximum Gasteiger partial charge on any atom is 0.434 e. The number of hydrogen-bond acceptors (Lipinski definition) is 5. The fraction of sp³-hybridized carbons (Fsp3) is 0.625. The Hall–Kier alpha value is -1.47. The van der Waals surface area contributed by atoms with Crippen molar-refractivity contribution in [1.29, 1.82) is 0 Å². The lowest BCUT2D eigenvalue weighted by Gasteiger charge is -1.96. The van der Waals surface area contributed by atoms with E-state index in [1.165, 1.54) is 4.57 Å². The molecule has 0 saturated carbocycles. The van der Waals surface area contributed by atoms with Gasteiger partial charge in [-0.05, 0) is 4.92 Å². The van der Waals surface area contributed by atoms with Gasteiger partial charge >= 0.3 is 5.95 Å². The highest BCUT2D eigenvalue weighted by atomic mass is 16.6. The fourth-order valence-corrected chi connectivity index (χ4v) is 1.41. The first-order chi connectivity index (χ1) is 7.20. The molecule has 2 heterocycles. The van der Waals surface area contributed by atoms with Crippen molar-refractivity contribution in [3.8, 4) is 0 Å². The third-order valence-electron chi connectivity index (χ3n) is 2.23. The number of aromatic nitrogens is 2. The van der Waals surface area contributed by atoms with Gasteiger partial charge < -0.3 is 15.2 Å². The van der Waals surface area contributed by atoms with Crippen molar-refractivity contribution in [3.63, 3.8) is 0 Å². The largest absolute Gasteiger partial charge is 0.434 e. The summed E-state index contributed by atoms with van der Waals surface area (Å²) >= 11 is 0. The minimum Gasteiger partial charge on any atom is -0.393 e. The highest BCUT2D eigenvalue weighted by molar-refractivity contribution is 5.15. The molecule has 2 rings (SSSR count). The zero-order valence-electron chi connectivity index (χ0n) is 8.17. The second-order valence-electron chi connectivity index (χ2n) is 3.48. The molecule has 1 saturated heterocycles. The number of aliphatic hydroxyl groups is 1. The highest BCUT2D eigenvalue weighted by Gasteiger charge is 2.24. The summed E-state index contributed by atoms with van der Waals surface area (Å²) in [6.07, 6.45) is 1.63. The van der Waals surface area contributed by atoms with Gasteiger partial charge in [0, 0.05) is 13.1 Å². The molecule has 82 valence electrons. The van der Waals surface area contributed by atoms with Crippen LogP contribution in [0.4, 0.5) is 5.95 Å². The molecule has 0 aromatic carbocycles. The van der Waals surface area contributed by atoms with E-state index in [4.69, 9.17) is 5.11 Å². The van der Waals surface area contributed by atoms with Gasteiger partial charge in [0.15, 0.2) is 5.69 Å². The molecule has 1 N–H and O–H groups in total. The van der Waals surface area contributed by atoms with E-state index in [-0.39, 0.29) is 19.1 Å². The predicted octanol–water partition coefficient (Wildman–Crippen LogP) is -0.401. The van der Waals surface area contributed by atoms with E-state index in [1.54, 1.807) is 6.20 Å². The number of hydrogen-bond donors (Lipinski definition) is 1. The molecule has 7 nitrogen and oxygen atoms in total. The first-order valence-electron chi connectivity index (χ1n) is 4.74. The van der Waals surface area contributed by atoms with E-state index in [9.17, 15) is 10.1 Å². The summed E-state index contributed by atoms with van der Waals surface area (Å²) in [5.41, 5.74) is 0.688. The Morgan fingerprint density at radius 1 is 1.60 bits per heavy atom. The van der Waals surface area contributed by atoms with Gasteiger partial charge in [-0.3, -0.25) is 4.90 Å². The van der Waals surface area contributed by atoms with Gasteiger partial charge in [0.25, 0.3) is 0 Å². The Morgan fingerprint density at radius 2 is 2.33 bits per heavy atom. The van der Waals surface area contributed by atoms with Crippen molar-refractivity contribution >= 4 is 5.95 Å². The summed E-state index contributed by atoms with van der Waals surface area (Å²) in [7, 11) is 0. The smallest absolute Gasteiger partial charge is 0.393 e. The predicted molar refractivity (Wildman–Crippen MR) is 51.2 cm³/mol. The molecule has 0 amide bonds. The van der Waals surface area contributed by atoms with E-state index >= 15 is 0 Å². The summed E-state index contributed by atoms with van der Waals surface area (Å²) in [6, 6.07) is 0. The van der Waals surface area contributed by atoms with Crippen LogP contribution in [0.25, 0.3) is 0 Å². The van der Waals surface area contributed by atoms with Crippen LogP contribution in [0.1, 0.15) is 5.69 Å². The molecule has 1 fully saturated rings. The zero-order chi connectivity index (χ0) is 10.8. The molecule has 0 unspecified atom stereocenters. The number of aliphatic hydroxyl groups excluding tert-OH is 1. The van der Waals surface area contributed by atoms with Gasteiger partial charge in [-0.1, -0.05) is 4.98 Å². The van der Waals surface area contributed by atoms with Gasteiger partial charge in [-0.2, -0.15) is 0 Å². The second kappa shape index (κ2) is 3.95. The Kier molecular flexibility index (Phi) is 2.65. The van der Waals surface area contributed by atoms with Gasteiger partial charge in [0.1, 0.15) is 6.20 Å². The fourth-order valence-electron chi connectivity index (χ4n) is 1.41. The minimum absolute atomic E-state index is 0.125. The number of imidazole rings is 1. The molecular weight excluding hydrogens is 200 g/mol. The number of nitro groups is 1. The highest BCUT2D eigenvalue weighted by Crippen LogP contribution is 2.15. The lowest BCUT2D eigenvalue weighted by molar-refractivity contribution is -0.396. The van der Waals surface area contributed by atoms with Crippen molar-refractivity contribution in [2.24, 2.45) is 0 Å².